The maximum Gasteiger partial charge on any atom is 0.274 e. The minimum absolute atomic E-state index is 0.0838. The molecule has 0 spiro atoms. The molecule has 0 aliphatic carbocycles. The Labute approximate surface area is 194 Å². The van der Waals surface area contributed by atoms with Crippen molar-refractivity contribution in [2.24, 2.45) is 0 Å². The Bertz CT molecular complexity index is 959. The van der Waals surface area contributed by atoms with Crippen molar-refractivity contribution in [3.8, 4) is 0 Å². The minimum atomic E-state index is -0.500. The lowest BCUT2D eigenvalue weighted by atomic mass is 10.1. The van der Waals surface area contributed by atoms with Crippen LogP contribution in [0, 0.1) is 0 Å². The largest absolute Gasteiger partial charge is 0.378 e. The van der Waals surface area contributed by atoms with Crippen LogP contribution in [0.4, 0.5) is 0 Å². The van der Waals surface area contributed by atoms with E-state index in [-0.39, 0.29) is 5.91 Å². The summed E-state index contributed by atoms with van der Waals surface area (Å²) in [6, 6.07) is 15.7. The second kappa shape index (κ2) is 10.9. The summed E-state index contributed by atoms with van der Waals surface area (Å²) in [4.78, 5) is 31.0. The molecule has 0 unspecified atom stereocenters. The molecule has 33 heavy (non-hydrogen) atoms. The molecule has 2 aromatic rings. The van der Waals surface area contributed by atoms with E-state index in [2.05, 4.69) is 22.8 Å². The summed E-state index contributed by atoms with van der Waals surface area (Å²) < 4.78 is 5.36. The zero-order valence-electron chi connectivity index (χ0n) is 19.1. The minimum Gasteiger partial charge on any atom is -0.378 e. The van der Waals surface area contributed by atoms with Crippen LogP contribution in [-0.4, -0.2) is 83.7 Å². The predicted octanol–water partition coefficient (Wildman–Crippen LogP) is 1.98. The molecule has 8 nitrogen and oxygen atoms in total. The van der Waals surface area contributed by atoms with Gasteiger partial charge in [-0.15, -0.1) is 0 Å². The molecule has 0 bridgehead atoms. The summed E-state index contributed by atoms with van der Waals surface area (Å²) in [6.45, 7) is 9.26. The Morgan fingerprint density at radius 1 is 0.970 bits per heavy atom. The van der Waals surface area contributed by atoms with E-state index in [1.807, 2.05) is 35.2 Å². The van der Waals surface area contributed by atoms with Crippen molar-refractivity contribution in [1.29, 1.82) is 0 Å². The Kier molecular flexibility index (Phi) is 7.72. The van der Waals surface area contributed by atoms with Gasteiger partial charge in [0.1, 0.15) is 0 Å². The summed E-state index contributed by atoms with van der Waals surface area (Å²) in [5.41, 5.74) is 5.14. The first kappa shape index (κ1) is 23.4. The zero-order chi connectivity index (χ0) is 23.2. The standard InChI is InChI=1S/C25H32N4O4/c1-19-16-27(17-20-5-7-22(8-6-20)24(30)26-32)9-10-29(19)18-21-3-2-4-23(15-21)25(31)28-11-13-33-14-12-28/h2-8,15,19,32H,9-14,16-18H2,1H3,(H,26,30)/t19-/m0/s1. The third-order valence-electron chi connectivity index (χ3n) is 6.43. The first-order chi connectivity index (χ1) is 16.0. The lowest BCUT2D eigenvalue weighted by Gasteiger charge is -2.40. The van der Waals surface area contributed by atoms with Crippen molar-refractivity contribution in [2.75, 3.05) is 45.9 Å². The average molecular weight is 453 g/mol. The van der Waals surface area contributed by atoms with Crippen molar-refractivity contribution >= 4 is 11.8 Å². The van der Waals surface area contributed by atoms with Crippen molar-refractivity contribution in [1.82, 2.24) is 20.2 Å². The average Bonchev–Trinajstić information content (AvgIpc) is 2.86. The second-order valence-electron chi connectivity index (χ2n) is 8.80. The molecule has 8 heteroatoms. The molecule has 2 saturated heterocycles. The summed E-state index contributed by atoms with van der Waals surface area (Å²) in [5.74, 6) is -0.417. The van der Waals surface area contributed by atoms with Crippen LogP contribution >= 0.6 is 0 Å². The molecule has 2 aliphatic rings. The Hall–Kier alpha value is -2.78. The van der Waals surface area contributed by atoms with E-state index in [4.69, 9.17) is 9.94 Å². The molecule has 176 valence electrons. The number of benzene rings is 2. The predicted molar refractivity (Wildman–Crippen MR) is 124 cm³/mol. The van der Waals surface area contributed by atoms with Crippen LogP contribution in [0.3, 0.4) is 0 Å². The zero-order valence-corrected chi connectivity index (χ0v) is 19.1. The number of hydrogen-bond donors (Lipinski definition) is 2. The molecule has 0 radical (unpaired) electrons. The SMILES string of the molecule is C[C@H]1CN(Cc2ccc(C(=O)NO)cc2)CCN1Cc1cccc(C(=O)N2CCOCC2)c1. The van der Waals surface area contributed by atoms with Gasteiger partial charge in [0.05, 0.1) is 13.2 Å². The third kappa shape index (κ3) is 5.97. The van der Waals surface area contributed by atoms with Gasteiger partial charge in [0, 0.05) is 63.0 Å². The normalized spacial score (nSPS) is 19.9. The van der Waals surface area contributed by atoms with Crippen LogP contribution in [0.25, 0.3) is 0 Å². The number of carbonyl (C=O) groups excluding carboxylic acids is 2. The number of piperazine rings is 1. The van der Waals surface area contributed by atoms with E-state index in [1.165, 1.54) is 0 Å². The highest BCUT2D eigenvalue weighted by Gasteiger charge is 2.24. The number of nitrogens with one attached hydrogen (secondary N) is 1. The highest BCUT2D eigenvalue weighted by molar-refractivity contribution is 5.94. The fraction of sp³-hybridized carbons (Fsp3) is 0.440. The van der Waals surface area contributed by atoms with Gasteiger partial charge in [-0.25, -0.2) is 5.48 Å². The molecule has 4 rings (SSSR count). The van der Waals surface area contributed by atoms with Crippen molar-refractivity contribution in [2.45, 2.75) is 26.1 Å². The number of rotatable bonds is 6. The Morgan fingerprint density at radius 3 is 2.42 bits per heavy atom. The number of hydrogen-bond acceptors (Lipinski definition) is 6. The van der Waals surface area contributed by atoms with Gasteiger partial charge < -0.3 is 9.64 Å². The molecular formula is C25H32N4O4. The van der Waals surface area contributed by atoms with Crippen LogP contribution in [0.1, 0.15) is 38.8 Å². The lowest BCUT2D eigenvalue weighted by Crippen LogP contribution is -2.50. The fourth-order valence-electron chi connectivity index (χ4n) is 4.52. The van der Waals surface area contributed by atoms with Crippen LogP contribution in [-0.2, 0) is 17.8 Å². The van der Waals surface area contributed by atoms with Crippen LogP contribution in [0.2, 0.25) is 0 Å². The Balaban J connectivity index is 1.31. The van der Waals surface area contributed by atoms with E-state index >= 15 is 0 Å². The molecule has 0 aromatic heterocycles. The topological polar surface area (TPSA) is 85.4 Å². The van der Waals surface area contributed by atoms with Crippen LogP contribution in [0.15, 0.2) is 48.5 Å². The van der Waals surface area contributed by atoms with Crippen LogP contribution < -0.4 is 5.48 Å². The Morgan fingerprint density at radius 2 is 1.73 bits per heavy atom. The number of ether oxygens (including phenoxy) is 1. The molecule has 2 aromatic carbocycles. The number of nitrogens with zero attached hydrogens (tertiary/aromatic N) is 3. The van der Waals surface area contributed by atoms with Crippen molar-refractivity contribution < 1.29 is 19.5 Å². The molecule has 2 N–H and O–H groups in total. The quantitative estimate of drug-likeness (QED) is 0.515. The van der Waals surface area contributed by atoms with E-state index < -0.39 is 5.91 Å². The summed E-state index contributed by atoms with van der Waals surface area (Å²) in [6.07, 6.45) is 0. The number of amides is 2. The smallest absolute Gasteiger partial charge is 0.274 e. The van der Waals surface area contributed by atoms with Gasteiger partial charge in [-0.2, -0.15) is 0 Å². The third-order valence-corrected chi connectivity index (χ3v) is 6.43. The van der Waals surface area contributed by atoms with Gasteiger partial charge in [-0.1, -0.05) is 24.3 Å². The maximum atomic E-state index is 12.8. The highest BCUT2D eigenvalue weighted by atomic mass is 16.5. The molecule has 1 atom stereocenters. The van der Waals surface area contributed by atoms with Crippen molar-refractivity contribution in [3.05, 3.63) is 70.8 Å². The maximum absolute atomic E-state index is 12.8. The van der Waals surface area contributed by atoms with Gasteiger partial charge in [0.15, 0.2) is 0 Å². The van der Waals surface area contributed by atoms with Gasteiger partial charge in [0.2, 0.25) is 0 Å². The molecule has 2 heterocycles. The summed E-state index contributed by atoms with van der Waals surface area (Å²) in [5, 5.41) is 8.74. The number of carbonyl (C=O) groups is 2. The van der Waals surface area contributed by atoms with Crippen LogP contribution in [0.5, 0.6) is 0 Å². The van der Waals surface area contributed by atoms with E-state index in [9.17, 15) is 9.59 Å². The lowest BCUT2D eigenvalue weighted by molar-refractivity contribution is 0.0302. The fourth-order valence-corrected chi connectivity index (χ4v) is 4.52. The molecular weight excluding hydrogens is 420 g/mol. The van der Waals surface area contributed by atoms with Gasteiger partial charge in [-0.3, -0.25) is 24.6 Å². The van der Waals surface area contributed by atoms with Crippen molar-refractivity contribution in [3.63, 3.8) is 0 Å². The molecule has 2 amide bonds. The first-order valence-electron chi connectivity index (χ1n) is 11.5. The molecule has 2 fully saturated rings. The van der Waals surface area contributed by atoms with E-state index in [0.29, 0.717) is 37.9 Å². The highest BCUT2D eigenvalue weighted by Crippen LogP contribution is 2.18. The van der Waals surface area contributed by atoms with Gasteiger partial charge >= 0.3 is 0 Å². The van der Waals surface area contributed by atoms with Gasteiger partial charge in [0.25, 0.3) is 11.8 Å². The monoisotopic (exact) mass is 452 g/mol. The van der Waals surface area contributed by atoms with Gasteiger partial charge in [-0.05, 0) is 42.3 Å². The summed E-state index contributed by atoms with van der Waals surface area (Å²) >= 11 is 0. The van der Waals surface area contributed by atoms with E-state index in [0.717, 1.165) is 49.4 Å². The number of hydroxylamine groups is 1. The number of morpholine rings is 1. The second-order valence-corrected chi connectivity index (χ2v) is 8.80. The summed E-state index contributed by atoms with van der Waals surface area (Å²) in [7, 11) is 0. The van der Waals surface area contributed by atoms with E-state index in [1.54, 1.807) is 17.6 Å². The molecule has 0 saturated carbocycles. The first-order valence-corrected chi connectivity index (χ1v) is 11.5. The molecule has 2 aliphatic heterocycles.